The van der Waals surface area contributed by atoms with Crippen molar-refractivity contribution in [2.45, 2.75) is 63.9 Å². The molecule has 3 nitrogen and oxygen atoms in total. The number of aliphatic hydroxyl groups is 1. The Labute approximate surface area is 117 Å². The van der Waals surface area contributed by atoms with Gasteiger partial charge in [-0.2, -0.15) is 0 Å². The van der Waals surface area contributed by atoms with Gasteiger partial charge in [0.25, 0.3) is 0 Å². The monoisotopic (exact) mass is 266 g/mol. The highest BCUT2D eigenvalue weighted by atomic mass is 16.6. The second-order valence-corrected chi connectivity index (χ2v) is 6.52. The smallest absolute Gasteiger partial charge is 0.327 e. The Morgan fingerprint density at radius 3 is 2.79 bits per heavy atom. The second-order valence-electron chi connectivity index (χ2n) is 6.52. The van der Waals surface area contributed by atoms with Crippen LogP contribution in [0.3, 0.4) is 0 Å². The van der Waals surface area contributed by atoms with Crippen molar-refractivity contribution >= 4 is 6.92 Å². The molecule has 2 aliphatic heterocycles. The average molecular weight is 266 g/mol. The molecule has 0 amide bonds. The van der Waals surface area contributed by atoms with Gasteiger partial charge in [0.15, 0.2) is 0 Å². The second kappa shape index (κ2) is 5.98. The lowest BCUT2D eigenvalue weighted by Crippen LogP contribution is -2.50. The largest absolute Gasteiger partial charge is 0.435 e. The molecule has 0 saturated carbocycles. The van der Waals surface area contributed by atoms with E-state index in [0.717, 1.165) is 32.3 Å². The van der Waals surface area contributed by atoms with E-state index in [9.17, 15) is 5.11 Å². The first kappa shape index (κ1) is 15.1. The van der Waals surface area contributed by atoms with E-state index >= 15 is 0 Å². The highest BCUT2D eigenvalue weighted by Crippen LogP contribution is 2.53. The van der Waals surface area contributed by atoms with Crippen molar-refractivity contribution in [3.8, 4) is 0 Å². The molecule has 0 aliphatic carbocycles. The Morgan fingerprint density at radius 1 is 1.58 bits per heavy atom. The third-order valence-corrected chi connectivity index (χ3v) is 4.78. The molecule has 2 saturated heterocycles. The van der Waals surface area contributed by atoms with E-state index in [2.05, 4.69) is 26.8 Å². The van der Waals surface area contributed by atoms with Gasteiger partial charge >= 0.3 is 6.92 Å². The van der Waals surface area contributed by atoms with Gasteiger partial charge in [0, 0.05) is 12.9 Å². The highest BCUT2D eigenvalue weighted by Gasteiger charge is 2.61. The molecule has 1 spiro atoms. The number of allylic oxidation sites excluding steroid dienone is 2. The lowest BCUT2D eigenvalue weighted by Gasteiger charge is -2.39. The van der Waals surface area contributed by atoms with Crippen LogP contribution in [0.25, 0.3) is 0 Å². The van der Waals surface area contributed by atoms with Crippen LogP contribution in [0.1, 0.15) is 46.5 Å². The lowest BCUT2D eigenvalue weighted by atomic mass is 9.40. The van der Waals surface area contributed by atoms with E-state index < -0.39 is 0 Å². The van der Waals surface area contributed by atoms with Crippen LogP contribution in [0.5, 0.6) is 0 Å². The van der Waals surface area contributed by atoms with Crippen molar-refractivity contribution in [1.82, 2.24) is 0 Å². The van der Waals surface area contributed by atoms with Crippen LogP contribution >= 0.6 is 0 Å². The van der Waals surface area contributed by atoms with Crippen molar-refractivity contribution in [2.75, 3.05) is 13.7 Å². The first-order chi connectivity index (χ1) is 9.00. The first-order valence-electron chi connectivity index (χ1n) is 7.48. The third-order valence-electron chi connectivity index (χ3n) is 4.78. The minimum Gasteiger partial charge on any atom is -0.435 e. The molecule has 2 aliphatic rings. The predicted octanol–water partition coefficient (Wildman–Crippen LogP) is 2.84. The van der Waals surface area contributed by atoms with Crippen molar-refractivity contribution in [3.05, 3.63) is 11.6 Å². The molecular weight excluding hydrogens is 239 g/mol. The van der Waals surface area contributed by atoms with Gasteiger partial charge in [0.2, 0.25) is 0 Å². The summed E-state index contributed by atoms with van der Waals surface area (Å²) in [5.74, 6) is 0.838. The van der Waals surface area contributed by atoms with Crippen LogP contribution in [0.4, 0.5) is 0 Å². The Kier molecular flexibility index (Phi) is 4.75. The summed E-state index contributed by atoms with van der Waals surface area (Å²) in [5, 5.41) is 10.2. The van der Waals surface area contributed by atoms with Gasteiger partial charge in [0.05, 0.1) is 18.2 Å². The van der Waals surface area contributed by atoms with Gasteiger partial charge in [-0.3, -0.25) is 0 Å². The summed E-state index contributed by atoms with van der Waals surface area (Å²) < 4.78 is 11.4. The number of epoxide rings is 1. The van der Waals surface area contributed by atoms with Crippen LogP contribution < -0.4 is 0 Å². The molecule has 0 aromatic rings. The molecule has 0 aromatic heterocycles. The molecule has 19 heavy (non-hydrogen) atoms. The van der Waals surface area contributed by atoms with Gasteiger partial charge in [-0.25, -0.2) is 0 Å². The molecule has 2 heterocycles. The van der Waals surface area contributed by atoms with Crippen LogP contribution in [0.2, 0.25) is 5.82 Å². The maximum Gasteiger partial charge on any atom is 0.327 e. The molecule has 2 rings (SSSR count). The zero-order valence-electron chi connectivity index (χ0n) is 12.7. The summed E-state index contributed by atoms with van der Waals surface area (Å²) in [4.78, 5) is 0. The topological polar surface area (TPSA) is 42.0 Å². The van der Waals surface area contributed by atoms with Gasteiger partial charge in [0.1, 0.15) is 0 Å². The average Bonchev–Trinajstić information content (AvgIpc) is 3.12. The van der Waals surface area contributed by atoms with E-state index in [-0.39, 0.29) is 18.5 Å². The van der Waals surface area contributed by atoms with E-state index in [0.29, 0.717) is 11.7 Å². The summed E-state index contributed by atoms with van der Waals surface area (Å²) in [6.45, 7) is 7.32. The van der Waals surface area contributed by atoms with Crippen molar-refractivity contribution < 1.29 is 14.5 Å². The van der Waals surface area contributed by atoms with Gasteiger partial charge in [-0.05, 0) is 45.4 Å². The van der Waals surface area contributed by atoms with E-state index in [1.54, 1.807) is 7.11 Å². The van der Waals surface area contributed by atoms with Crippen molar-refractivity contribution in [2.24, 2.45) is 5.92 Å². The SMILES string of the molecule is COB1C(O)CC[C@]2(CO2)C1[C@H](C)CCC=C(C)C. The number of ether oxygens (including phenoxy) is 1. The number of hydrogen-bond donors (Lipinski definition) is 1. The highest BCUT2D eigenvalue weighted by molar-refractivity contribution is 6.56. The zero-order chi connectivity index (χ0) is 14.0. The molecule has 108 valence electrons. The molecular formula is C15H27BO3. The van der Waals surface area contributed by atoms with E-state index in [1.165, 1.54) is 5.57 Å². The molecule has 1 N–H and O–H groups in total. The fourth-order valence-electron chi connectivity index (χ4n) is 3.65. The summed E-state index contributed by atoms with van der Waals surface area (Å²) in [6, 6.07) is -0.337. The standard InChI is InChI=1S/C15H27BO3/c1-11(2)6-5-7-12(3)14-15(10-19-15)9-8-13(17)16(14)18-4/h6,12-14,17H,5,7-10H2,1-4H3/t12-,13?,14?,15+/m1/s1. The predicted molar refractivity (Wildman–Crippen MR) is 78.3 cm³/mol. The minimum atomic E-state index is -0.337. The Balaban J connectivity index is 2.02. The molecule has 4 atom stereocenters. The fraction of sp³-hybridized carbons (Fsp3) is 0.867. The van der Waals surface area contributed by atoms with Crippen LogP contribution in [0.15, 0.2) is 11.6 Å². The Morgan fingerprint density at radius 2 is 2.26 bits per heavy atom. The maximum absolute atomic E-state index is 10.2. The normalized spacial score (nSPS) is 35.3. The lowest BCUT2D eigenvalue weighted by molar-refractivity contribution is 0.129. The van der Waals surface area contributed by atoms with Crippen LogP contribution in [-0.4, -0.2) is 37.3 Å². The van der Waals surface area contributed by atoms with Gasteiger partial charge in [-0.1, -0.05) is 18.6 Å². The molecule has 2 fully saturated rings. The zero-order valence-corrected chi connectivity index (χ0v) is 12.7. The Hall–Kier alpha value is -0.315. The summed E-state index contributed by atoms with van der Waals surface area (Å²) in [6.07, 6.45) is 6.30. The van der Waals surface area contributed by atoms with E-state index in [4.69, 9.17) is 9.39 Å². The number of aliphatic hydroxyl groups excluding tert-OH is 1. The first-order valence-corrected chi connectivity index (χ1v) is 7.48. The number of rotatable bonds is 5. The molecule has 0 bridgehead atoms. The fourth-order valence-corrected chi connectivity index (χ4v) is 3.65. The van der Waals surface area contributed by atoms with Crippen LogP contribution in [0, 0.1) is 5.92 Å². The summed E-state index contributed by atoms with van der Waals surface area (Å²) in [7, 11) is 1.71. The minimum absolute atomic E-state index is 0.00426. The van der Waals surface area contributed by atoms with E-state index in [1.807, 2.05) is 0 Å². The molecule has 4 heteroatoms. The molecule has 2 unspecified atom stereocenters. The quantitative estimate of drug-likeness (QED) is 0.472. The van der Waals surface area contributed by atoms with Gasteiger partial charge in [-0.15, -0.1) is 0 Å². The Bertz CT molecular complexity index is 334. The van der Waals surface area contributed by atoms with Gasteiger partial charge < -0.3 is 14.5 Å². The van der Waals surface area contributed by atoms with Crippen molar-refractivity contribution in [3.63, 3.8) is 0 Å². The van der Waals surface area contributed by atoms with Crippen molar-refractivity contribution in [1.29, 1.82) is 0 Å². The summed E-state index contributed by atoms with van der Waals surface area (Å²) >= 11 is 0. The van der Waals surface area contributed by atoms with Crippen LogP contribution in [-0.2, 0) is 9.39 Å². The molecule has 0 radical (unpaired) electrons. The number of hydrogen-bond acceptors (Lipinski definition) is 3. The maximum atomic E-state index is 10.2. The third kappa shape index (κ3) is 3.23. The summed E-state index contributed by atoms with van der Waals surface area (Å²) in [5.41, 5.74) is 1.38. The molecule has 0 aromatic carbocycles.